The Kier molecular flexibility index (Phi) is 10.2. The minimum absolute atomic E-state index is 0.00314. The Balaban J connectivity index is 1.67. The first kappa shape index (κ1) is 37.6. The van der Waals surface area contributed by atoms with Gasteiger partial charge in [-0.25, -0.2) is 0 Å². The van der Waals surface area contributed by atoms with Crippen LogP contribution in [0.3, 0.4) is 0 Å². The summed E-state index contributed by atoms with van der Waals surface area (Å²) in [7, 11) is 1.60. The fourth-order valence-electron chi connectivity index (χ4n) is 6.79. The molecule has 0 saturated carbocycles. The Bertz CT molecular complexity index is 2380. The third-order valence-electron chi connectivity index (χ3n) is 10.5. The normalized spacial score (nSPS) is 13.5. The van der Waals surface area contributed by atoms with Gasteiger partial charge >= 0.3 is 0 Å². The minimum Gasteiger partial charge on any atom is -0.382 e. The highest BCUT2D eigenvalue weighted by atomic mass is 16.6. The van der Waals surface area contributed by atoms with Crippen LogP contribution in [0.4, 0.5) is 22.7 Å². The second kappa shape index (κ2) is 14.3. The molecule has 0 fully saturated rings. The van der Waals surface area contributed by atoms with Gasteiger partial charge in [-0.1, -0.05) is 59.7 Å². The number of nitrogens with zero attached hydrogens (tertiary/aromatic N) is 1. The van der Waals surface area contributed by atoms with Crippen molar-refractivity contribution in [2.45, 2.75) is 78.7 Å². The van der Waals surface area contributed by atoms with E-state index < -0.39 is 45.3 Å². The molecule has 2 N–H and O–H groups in total. The van der Waals surface area contributed by atoms with Crippen LogP contribution in [0.15, 0.2) is 92.0 Å². The van der Waals surface area contributed by atoms with Crippen LogP contribution in [0.1, 0.15) is 58.7 Å². The summed E-state index contributed by atoms with van der Waals surface area (Å²) >= 11 is 0. The monoisotopic (exact) mass is 717 g/mol. The largest absolute Gasteiger partial charge is 0.382 e. The van der Waals surface area contributed by atoms with Crippen LogP contribution < -0.4 is 32.6 Å². The van der Waals surface area contributed by atoms with Gasteiger partial charge in [0.2, 0.25) is 0 Å². The topological polar surface area (TPSA) is 125 Å². The van der Waals surface area contributed by atoms with Crippen LogP contribution in [0.5, 0.6) is 0 Å². The second-order valence-electron chi connectivity index (χ2n) is 14.9. The molecule has 276 valence electrons. The lowest BCUT2D eigenvalue weighted by molar-refractivity contribution is -0.180. The first-order valence-electron chi connectivity index (χ1n) is 17.9. The standard InChI is InChI=1S/C43H47N3O7/c1-24-14-18-28(19-15-24)44-36-32-33(39(48)31-13-11-10-12-30(31)38(32)47)37(45-29-20-16-25(2)17-21-29)35-34(36)40(49)46(41(35)50)26(3)42(5,6)53-27(4)43(7,8)52-23-22-51-9/h10-21,26-27,44-45H,22-23H2,1-9H3. The summed E-state index contributed by atoms with van der Waals surface area (Å²) < 4.78 is 19.0. The molecule has 0 amide bonds. The first-order valence-corrected chi connectivity index (χ1v) is 17.9. The molecule has 10 heteroatoms. The van der Waals surface area contributed by atoms with Crippen molar-refractivity contribution < 1.29 is 14.2 Å². The van der Waals surface area contributed by atoms with Crippen LogP contribution >= 0.6 is 0 Å². The number of nitrogens with one attached hydrogen (secondary N) is 2. The number of benzene rings is 5. The van der Waals surface area contributed by atoms with E-state index in [0.717, 1.165) is 11.1 Å². The number of fused-ring (bicyclic) bond motifs is 3. The number of ether oxygens (including phenoxy) is 3. The van der Waals surface area contributed by atoms with Crippen LogP contribution in [0.2, 0.25) is 0 Å². The molecule has 1 aromatic heterocycles. The second-order valence-corrected chi connectivity index (χ2v) is 14.9. The minimum atomic E-state index is -1.06. The molecule has 2 unspecified atom stereocenters. The molecule has 0 aliphatic heterocycles. The SMILES string of the molecule is COCCOC(C)(C)C(C)OC(C)(C)C(C)n1c(=O)c2c(Nc3ccc(C)cc3)c3c(=O)c4ccccc4c(=O)c3c(Nc3ccc(C)cc3)c2c1=O. The van der Waals surface area contributed by atoms with Gasteiger partial charge in [-0.3, -0.25) is 23.7 Å². The molecule has 5 aromatic carbocycles. The number of methoxy groups -OCH3 is 1. The Hall–Kier alpha value is -5.16. The van der Waals surface area contributed by atoms with E-state index >= 15 is 0 Å². The molecule has 2 atom stereocenters. The maximum Gasteiger partial charge on any atom is 0.264 e. The fraction of sp³-hybridized carbons (Fsp3) is 0.349. The summed E-state index contributed by atoms with van der Waals surface area (Å²) in [5, 5.41) is 7.11. The van der Waals surface area contributed by atoms with Crippen molar-refractivity contribution in [3.63, 3.8) is 0 Å². The number of aromatic nitrogens is 1. The van der Waals surface area contributed by atoms with Crippen molar-refractivity contribution in [3.05, 3.63) is 125 Å². The van der Waals surface area contributed by atoms with Crippen molar-refractivity contribution in [1.82, 2.24) is 4.57 Å². The highest BCUT2D eigenvalue weighted by Crippen LogP contribution is 2.39. The van der Waals surface area contributed by atoms with E-state index in [-0.39, 0.29) is 43.7 Å². The summed E-state index contributed by atoms with van der Waals surface area (Å²) in [5.74, 6) is 0. The average molecular weight is 718 g/mol. The third-order valence-corrected chi connectivity index (χ3v) is 10.5. The Labute approximate surface area is 308 Å². The van der Waals surface area contributed by atoms with E-state index in [1.165, 1.54) is 4.57 Å². The lowest BCUT2D eigenvalue weighted by atomic mass is 9.95. The molecule has 0 radical (unpaired) electrons. The third kappa shape index (κ3) is 6.90. The predicted molar refractivity (Wildman–Crippen MR) is 215 cm³/mol. The van der Waals surface area contributed by atoms with Gasteiger partial charge in [0.1, 0.15) is 0 Å². The quantitative estimate of drug-likeness (QED) is 0.0708. The Morgan fingerprint density at radius 3 is 1.47 bits per heavy atom. The molecular formula is C43H47N3O7. The highest BCUT2D eigenvalue weighted by molar-refractivity contribution is 6.23. The summed E-state index contributed by atoms with van der Waals surface area (Å²) in [6.07, 6.45) is -0.453. The van der Waals surface area contributed by atoms with E-state index in [0.29, 0.717) is 24.6 Å². The van der Waals surface area contributed by atoms with Crippen molar-refractivity contribution in [2.75, 3.05) is 31.0 Å². The molecule has 0 saturated heterocycles. The van der Waals surface area contributed by atoms with Gasteiger partial charge in [-0.05, 0) is 79.7 Å². The maximum atomic E-state index is 14.9. The van der Waals surface area contributed by atoms with Crippen LogP contribution in [0.25, 0.3) is 32.3 Å². The van der Waals surface area contributed by atoms with Gasteiger partial charge in [-0.2, -0.15) is 0 Å². The molecule has 53 heavy (non-hydrogen) atoms. The van der Waals surface area contributed by atoms with E-state index in [1.54, 1.807) is 38.3 Å². The zero-order valence-corrected chi connectivity index (χ0v) is 31.8. The number of hydrogen-bond acceptors (Lipinski definition) is 9. The molecule has 6 rings (SSSR count). The molecule has 0 spiro atoms. The van der Waals surface area contributed by atoms with E-state index in [1.807, 2.05) is 97.0 Å². The number of anilines is 4. The van der Waals surface area contributed by atoms with Crippen molar-refractivity contribution in [1.29, 1.82) is 0 Å². The van der Waals surface area contributed by atoms with Crippen LogP contribution in [0, 0.1) is 13.8 Å². The number of rotatable bonds is 13. The maximum absolute atomic E-state index is 14.9. The summed E-state index contributed by atoms with van der Waals surface area (Å²) in [4.78, 5) is 59.0. The first-order chi connectivity index (χ1) is 25.1. The average Bonchev–Trinajstić information content (AvgIpc) is 3.38. The fourth-order valence-corrected chi connectivity index (χ4v) is 6.79. The highest BCUT2D eigenvalue weighted by Gasteiger charge is 2.39. The number of hydrogen-bond donors (Lipinski definition) is 2. The summed E-state index contributed by atoms with van der Waals surface area (Å²) in [6.45, 7) is 15.8. The summed E-state index contributed by atoms with van der Waals surface area (Å²) in [6, 6.07) is 20.7. The lowest BCUT2D eigenvalue weighted by Gasteiger charge is -2.40. The molecule has 0 bridgehead atoms. The smallest absolute Gasteiger partial charge is 0.264 e. The zero-order chi connectivity index (χ0) is 38.4. The van der Waals surface area contributed by atoms with Crippen molar-refractivity contribution >= 4 is 55.1 Å². The molecular weight excluding hydrogens is 670 g/mol. The van der Waals surface area contributed by atoms with Gasteiger partial charge in [0.15, 0.2) is 10.9 Å². The van der Waals surface area contributed by atoms with Gasteiger partial charge in [0, 0.05) is 29.3 Å². The van der Waals surface area contributed by atoms with E-state index in [9.17, 15) is 19.2 Å². The van der Waals surface area contributed by atoms with E-state index in [4.69, 9.17) is 14.2 Å². The zero-order valence-electron chi connectivity index (χ0n) is 31.8. The van der Waals surface area contributed by atoms with Gasteiger partial charge in [-0.15, -0.1) is 0 Å². The van der Waals surface area contributed by atoms with Gasteiger partial charge in [0.25, 0.3) is 11.1 Å². The van der Waals surface area contributed by atoms with Crippen LogP contribution in [-0.4, -0.2) is 42.2 Å². The number of aryl methyl sites for hydroxylation is 2. The lowest BCUT2D eigenvalue weighted by Crippen LogP contribution is -2.49. The van der Waals surface area contributed by atoms with Gasteiger partial charge < -0.3 is 24.8 Å². The van der Waals surface area contributed by atoms with Gasteiger partial charge in [0.05, 0.1) is 69.5 Å². The predicted octanol–water partition coefficient (Wildman–Crippen LogP) is 7.55. The molecule has 10 nitrogen and oxygen atoms in total. The summed E-state index contributed by atoms with van der Waals surface area (Å²) in [5.41, 5.74) is -0.472. The van der Waals surface area contributed by atoms with Crippen molar-refractivity contribution in [2.24, 2.45) is 0 Å². The molecule has 6 aromatic rings. The molecule has 1 heterocycles. The van der Waals surface area contributed by atoms with Crippen LogP contribution in [-0.2, 0) is 14.2 Å². The van der Waals surface area contributed by atoms with E-state index in [2.05, 4.69) is 10.6 Å². The molecule has 0 aliphatic carbocycles. The Morgan fingerprint density at radius 1 is 0.623 bits per heavy atom. The Morgan fingerprint density at radius 2 is 1.06 bits per heavy atom. The van der Waals surface area contributed by atoms with Crippen molar-refractivity contribution in [3.8, 4) is 0 Å². The molecule has 0 aliphatic rings.